The topological polar surface area (TPSA) is 37.8 Å². The van der Waals surface area contributed by atoms with Crippen molar-refractivity contribution < 1.29 is 0 Å². The van der Waals surface area contributed by atoms with Gasteiger partial charge >= 0.3 is 0 Å². The van der Waals surface area contributed by atoms with Gasteiger partial charge in [0.05, 0.1) is 0 Å². The standard InChI is InChI=1S/C12H16ClN3/c13-11-12(15-6-5-14-11)16-7-10(8-1-2-8)9-3-4-9/h5-6,8-10H,1-4,7H2,(H,15,16). The maximum atomic E-state index is 5.96. The van der Waals surface area contributed by atoms with Gasteiger partial charge in [-0.25, -0.2) is 9.97 Å². The summed E-state index contributed by atoms with van der Waals surface area (Å²) in [4.78, 5) is 8.22. The fourth-order valence-electron chi connectivity index (χ4n) is 2.42. The number of hydrogen-bond donors (Lipinski definition) is 1. The molecule has 1 heterocycles. The quantitative estimate of drug-likeness (QED) is 0.856. The van der Waals surface area contributed by atoms with Gasteiger partial charge < -0.3 is 5.32 Å². The largest absolute Gasteiger partial charge is 0.367 e. The molecule has 0 aromatic carbocycles. The molecule has 3 nitrogen and oxygen atoms in total. The summed E-state index contributed by atoms with van der Waals surface area (Å²) in [6, 6.07) is 0. The molecule has 2 aliphatic rings. The predicted molar refractivity (Wildman–Crippen MR) is 64.5 cm³/mol. The lowest BCUT2D eigenvalue weighted by atomic mass is 9.98. The van der Waals surface area contributed by atoms with Crippen LogP contribution in [0.1, 0.15) is 25.7 Å². The van der Waals surface area contributed by atoms with E-state index in [0.717, 1.165) is 30.1 Å². The molecule has 1 aromatic rings. The smallest absolute Gasteiger partial charge is 0.171 e. The average Bonchev–Trinajstić information content (AvgIpc) is 3.15. The van der Waals surface area contributed by atoms with Crippen LogP contribution in [-0.4, -0.2) is 16.5 Å². The molecule has 0 saturated heterocycles. The molecule has 4 heteroatoms. The van der Waals surface area contributed by atoms with E-state index in [0.29, 0.717) is 5.15 Å². The Hall–Kier alpha value is -0.830. The molecule has 16 heavy (non-hydrogen) atoms. The third-order valence-corrected chi connectivity index (χ3v) is 3.89. The Morgan fingerprint density at radius 1 is 1.19 bits per heavy atom. The van der Waals surface area contributed by atoms with Crippen molar-refractivity contribution in [2.75, 3.05) is 11.9 Å². The number of aromatic nitrogens is 2. The SMILES string of the molecule is Clc1nccnc1NCC(C1CC1)C1CC1. The third-order valence-electron chi connectivity index (χ3n) is 3.61. The summed E-state index contributed by atoms with van der Waals surface area (Å²) in [5.41, 5.74) is 0. The van der Waals surface area contributed by atoms with Gasteiger partial charge in [0.25, 0.3) is 0 Å². The molecular formula is C12H16ClN3. The van der Waals surface area contributed by atoms with Gasteiger partial charge in [-0.2, -0.15) is 0 Å². The Balaban J connectivity index is 1.60. The number of rotatable bonds is 5. The zero-order valence-electron chi connectivity index (χ0n) is 9.19. The Kier molecular flexibility index (Phi) is 2.72. The molecule has 0 unspecified atom stereocenters. The van der Waals surface area contributed by atoms with Gasteiger partial charge in [0.15, 0.2) is 11.0 Å². The number of anilines is 1. The summed E-state index contributed by atoms with van der Waals surface area (Å²) in [6.07, 6.45) is 8.95. The van der Waals surface area contributed by atoms with Crippen LogP contribution in [0.25, 0.3) is 0 Å². The summed E-state index contributed by atoms with van der Waals surface area (Å²) in [5.74, 6) is 3.47. The van der Waals surface area contributed by atoms with Crippen LogP contribution in [-0.2, 0) is 0 Å². The van der Waals surface area contributed by atoms with Crippen LogP contribution >= 0.6 is 11.6 Å². The fourth-order valence-corrected chi connectivity index (χ4v) is 2.59. The van der Waals surface area contributed by atoms with Crippen molar-refractivity contribution in [3.05, 3.63) is 17.5 Å². The Bertz CT molecular complexity index is 362. The first-order chi connectivity index (χ1) is 7.84. The molecule has 1 aromatic heterocycles. The Morgan fingerprint density at radius 2 is 1.81 bits per heavy atom. The molecule has 86 valence electrons. The van der Waals surface area contributed by atoms with Gasteiger partial charge in [0.1, 0.15) is 0 Å². The zero-order valence-corrected chi connectivity index (χ0v) is 9.95. The van der Waals surface area contributed by atoms with E-state index in [1.807, 2.05) is 0 Å². The van der Waals surface area contributed by atoms with Gasteiger partial charge in [0, 0.05) is 18.9 Å². The minimum absolute atomic E-state index is 0.479. The van der Waals surface area contributed by atoms with Crippen molar-refractivity contribution in [2.45, 2.75) is 25.7 Å². The van der Waals surface area contributed by atoms with E-state index in [1.165, 1.54) is 25.7 Å². The summed E-state index contributed by atoms with van der Waals surface area (Å²) in [6.45, 7) is 1.01. The first-order valence-corrected chi connectivity index (χ1v) is 6.43. The van der Waals surface area contributed by atoms with Crippen LogP contribution in [0.2, 0.25) is 5.15 Å². The lowest BCUT2D eigenvalue weighted by molar-refractivity contribution is 0.427. The summed E-state index contributed by atoms with van der Waals surface area (Å²) in [5, 5.41) is 3.83. The summed E-state index contributed by atoms with van der Waals surface area (Å²) in [7, 11) is 0. The maximum absolute atomic E-state index is 5.96. The molecule has 0 bridgehead atoms. The van der Waals surface area contributed by atoms with Crippen LogP contribution in [0, 0.1) is 17.8 Å². The highest BCUT2D eigenvalue weighted by atomic mass is 35.5. The van der Waals surface area contributed by atoms with Crippen LogP contribution in [0.5, 0.6) is 0 Å². The molecule has 0 amide bonds. The Labute approximate surface area is 101 Å². The van der Waals surface area contributed by atoms with Gasteiger partial charge in [-0.05, 0) is 43.4 Å². The van der Waals surface area contributed by atoms with Crippen molar-refractivity contribution in [1.29, 1.82) is 0 Å². The molecule has 2 aliphatic carbocycles. The molecule has 0 atom stereocenters. The Morgan fingerprint density at radius 3 is 2.38 bits per heavy atom. The fraction of sp³-hybridized carbons (Fsp3) is 0.667. The van der Waals surface area contributed by atoms with Crippen LogP contribution in [0.3, 0.4) is 0 Å². The monoisotopic (exact) mass is 237 g/mol. The van der Waals surface area contributed by atoms with E-state index < -0.39 is 0 Å². The van der Waals surface area contributed by atoms with Crippen molar-refractivity contribution >= 4 is 17.4 Å². The lowest BCUT2D eigenvalue weighted by Crippen LogP contribution is -2.19. The summed E-state index contributed by atoms with van der Waals surface area (Å²) >= 11 is 5.96. The van der Waals surface area contributed by atoms with Gasteiger partial charge in [0.2, 0.25) is 0 Å². The van der Waals surface area contributed by atoms with Gasteiger partial charge in [-0.15, -0.1) is 0 Å². The van der Waals surface area contributed by atoms with Crippen molar-refractivity contribution in [1.82, 2.24) is 9.97 Å². The second kappa shape index (κ2) is 4.21. The second-order valence-electron chi connectivity index (χ2n) is 4.92. The first kappa shape index (κ1) is 10.3. The minimum Gasteiger partial charge on any atom is -0.367 e. The normalized spacial score (nSPS) is 20.1. The van der Waals surface area contributed by atoms with Crippen LogP contribution < -0.4 is 5.32 Å². The van der Waals surface area contributed by atoms with Crippen molar-refractivity contribution in [3.8, 4) is 0 Å². The molecule has 0 aliphatic heterocycles. The average molecular weight is 238 g/mol. The van der Waals surface area contributed by atoms with E-state index >= 15 is 0 Å². The van der Waals surface area contributed by atoms with Crippen molar-refractivity contribution in [3.63, 3.8) is 0 Å². The molecule has 1 N–H and O–H groups in total. The van der Waals surface area contributed by atoms with Gasteiger partial charge in [-0.1, -0.05) is 11.6 Å². The highest BCUT2D eigenvalue weighted by Crippen LogP contribution is 2.49. The minimum atomic E-state index is 0.479. The number of hydrogen-bond acceptors (Lipinski definition) is 3. The van der Waals surface area contributed by atoms with E-state index in [-0.39, 0.29) is 0 Å². The zero-order chi connectivity index (χ0) is 11.0. The van der Waals surface area contributed by atoms with Crippen molar-refractivity contribution in [2.24, 2.45) is 17.8 Å². The number of nitrogens with one attached hydrogen (secondary N) is 1. The van der Waals surface area contributed by atoms with E-state index in [9.17, 15) is 0 Å². The van der Waals surface area contributed by atoms with Crippen LogP contribution in [0.4, 0.5) is 5.82 Å². The highest BCUT2D eigenvalue weighted by Gasteiger charge is 2.41. The van der Waals surface area contributed by atoms with Crippen LogP contribution in [0.15, 0.2) is 12.4 Å². The van der Waals surface area contributed by atoms with E-state index in [1.54, 1.807) is 12.4 Å². The molecule has 2 saturated carbocycles. The predicted octanol–water partition coefficient (Wildman–Crippen LogP) is 2.98. The lowest BCUT2D eigenvalue weighted by Gasteiger charge is -2.16. The molecule has 3 rings (SSSR count). The number of halogens is 1. The second-order valence-corrected chi connectivity index (χ2v) is 5.27. The highest BCUT2D eigenvalue weighted by molar-refractivity contribution is 6.31. The third kappa shape index (κ3) is 2.29. The molecule has 0 radical (unpaired) electrons. The first-order valence-electron chi connectivity index (χ1n) is 6.05. The summed E-state index contributed by atoms with van der Waals surface area (Å²) < 4.78 is 0. The molecular weight excluding hydrogens is 222 g/mol. The van der Waals surface area contributed by atoms with E-state index in [2.05, 4.69) is 15.3 Å². The molecule has 2 fully saturated rings. The molecule has 0 spiro atoms. The number of nitrogens with zero attached hydrogens (tertiary/aromatic N) is 2. The van der Waals surface area contributed by atoms with E-state index in [4.69, 9.17) is 11.6 Å². The maximum Gasteiger partial charge on any atom is 0.171 e. The van der Waals surface area contributed by atoms with Gasteiger partial charge in [-0.3, -0.25) is 0 Å².